The Morgan fingerprint density at radius 2 is 1.81 bits per heavy atom. The largest absolute Gasteiger partial charge is 0.507 e. The van der Waals surface area contributed by atoms with E-state index < -0.39 is 0 Å². The predicted octanol–water partition coefficient (Wildman–Crippen LogP) is 2.70. The van der Waals surface area contributed by atoms with Crippen LogP contribution >= 0.6 is 0 Å². The van der Waals surface area contributed by atoms with Gasteiger partial charge in [-0.05, 0) is 30.2 Å². The zero-order valence-corrected chi connectivity index (χ0v) is 15.5. The summed E-state index contributed by atoms with van der Waals surface area (Å²) in [6.07, 6.45) is 0.880. The van der Waals surface area contributed by atoms with E-state index in [1.54, 1.807) is 11.0 Å². The molecule has 0 aromatic heterocycles. The highest BCUT2D eigenvalue weighted by Crippen LogP contribution is 2.24. The van der Waals surface area contributed by atoms with Crippen molar-refractivity contribution >= 4 is 17.5 Å². The Balaban J connectivity index is 1.66. The Bertz CT molecular complexity index is 808. The first-order valence-electron chi connectivity index (χ1n) is 9.19. The van der Waals surface area contributed by atoms with Gasteiger partial charge < -0.3 is 15.3 Å². The average Bonchev–Trinajstić information content (AvgIpc) is 2.89. The molecule has 1 heterocycles. The summed E-state index contributed by atoms with van der Waals surface area (Å²) in [4.78, 5) is 28.3. The molecule has 6 heteroatoms. The molecule has 3 rings (SSSR count). The number of nitrogens with one attached hydrogen (secondary N) is 1. The standard InChI is InChI=1S/C21H25N3O3/c1-16(25)22-18-8-9-20(26)19(14-18)21(27)24-11-5-10-23(12-13-24)15-17-6-3-2-4-7-17/h2-4,6-9,14,26H,5,10-13,15H2,1H3,(H,22,25). The van der Waals surface area contributed by atoms with Crippen molar-refractivity contribution in [2.45, 2.75) is 19.9 Å². The molecule has 6 nitrogen and oxygen atoms in total. The number of aromatic hydroxyl groups is 1. The predicted molar refractivity (Wildman–Crippen MR) is 105 cm³/mol. The molecular formula is C21H25N3O3. The molecule has 142 valence electrons. The third-order valence-corrected chi connectivity index (χ3v) is 4.67. The fourth-order valence-corrected chi connectivity index (χ4v) is 3.33. The van der Waals surface area contributed by atoms with E-state index in [1.165, 1.54) is 24.6 Å². The van der Waals surface area contributed by atoms with Crippen LogP contribution in [0.5, 0.6) is 5.75 Å². The Morgan fingerprint density at radius 1 is 1.04 bits per heavy atom. The summed E-state index contributed by atoms with van der Waals surface area (Å²) in [5, 5.41) is 12.8. The van der Waals surface area contributed by atoms with E-state index in [1.807, 2.05) is 18.2 Å². The van der Waals surface area contributed by atoms with E-state index in [0.29, 0.717) is 18.8 Å². The molecular weight excluding hydrogens is 342 g/mol. The zero-order valence-electron chi connectivity index (χ0n) is 15.5. The molecule has 2 aromatic rings. The van der Waals surface area contributed by atoms with Gasteiger partial charge in [0.15, 0.2) is 0 Å². The second-order valence-corrected chi connectivity index (χ2v) is 6.82. The maximum absolute atomic E-state index is 12.9. The highest BCUT2D eigenvalue weighted by molar-refractivity contribution is 5.99. The number of anilines is 1. The quantitative estimate of drug-likeness (QED) is 0.815. The zero-order chi connectivity index (χ0) is 19.2. The molecule has 0 radical (unpaired) electrons. The van der Waals surface area contributed by atoms with Crippen molar-refractivity contribution in [3.8, 4) is 5.75 Å². The van der Waals surface area contributed by atoms with Gasteiger partial charge in [0.2, 0.25) is 5.91 Å². The van der Waals surface area contributed by atoms with Crippen molar-refractivity contribution in [2.75, 3.05) is 31.5 Å². The monoisotopic (exact) mass is 367 g/mol. The first-order chi connectivity index (χ1) is 13.0. The molecule has 0 aliphatic carbocycles. The summed E-state index contributed by atoms with van der Waals surface area (Å²) in [5.41, 5.74) is 1.99. The topological polar surface area (TPSA) is 72.9 Å². The highest BCUT2D eigenvalue weighted by Gasteiger charge is 2.23. The first-order valence-corrected chi connectivity index (χ1v) is 9.19. The van der Waals surface area contributed by atoms with Gasteiger partial charge in [0.05, 0.1) is 5.56 Å². The van der Waals surface area contributed by atoms with Crippen LogP contribution in [-0.4, -0.2) is 52.9 Å². The van der Waals surface area contributed by atoms with Crippen molar-refractivity contribution in [1.29, 1.82) is 0 Å². The Labute approximate surface area is 159 Å². The van der Waals surface area contributed by atoms with E-state index >= 15 is 0 Å². The number of nitrogens with zero attached hydrogens (tertiary/aromatic N) is 2. The molecule has 2 aromatic carbocycles. The Kier molecular flexibility index (Phi) is 6.08. The van der Waals surface area contributed by atoms with Gasteiger partial charge in [0.1, 0.15) is 5.75 Å². The van der Waals surface area contributed by atoms with Crippen molar-refractivity contribution in [2.24, 2.45) is 0 Å². The molecule has 27 heavy (non-hydrogen) atoms. The van der Waals surface area contributed by atoms with Crippen LogP contribution in [0.25, 0.3) is 0 Å². The van der Waals surface area contributed by atoms with Crippen molar-refractivity contribution in [1.82, 2.24) is 9.80 Å². The van der Waals surface area contributed by atoms with Crippen LogP contribution in [0.4, 0.5) is 5.69 Å². The third kappa shape index (κ3) is 5.08. The summed E-state index contributed by atoms with van der Waals surface area (Å²) in [7, 11) is 0. The first kappa shape index (κ1) is 18.9. The normalized spacial score (nSPS) is 15.2. The summed E-state index contributed by atoms with van der Waals surface area (Å²) in [5.74, 6) is -0.494. The molecule has 2 N–H and O–H groups in total. The number of phenolic OH excluding ortho intramolecular Hbond substituents is 1. The summed E-state index contributed by atoms with van der Waals surface area (Å²) in [6, 6.07) is 14.9. The van der Waals surface area contributed by atoms with Gasteiger partial charge in [-0.25, -0.2) is 0 Å². The van der Waals surface area contributed by atoms with Gasteiger partial charge in [0.25, 0.3) is 5.91 Å². The summed E-state index contributed by atoms with van der Waals surface area (Å²) < 4.78 is 0. The molecule has 1 saturated heterocycles. The number of amides is 2. The number of carbonyl (C=O) groups is 2. The van der Waals surface area contributed by atoms with Crippen molar-refractivity contribution < 1.29 is 14.7 Å². The number of benzene rings is 2. The Morgan fingerprint density at radius 3 is 2.56 bits per heavy atom. The van der Waals surface area contributed by atoms with E-state index in [9.17, 15) is 14.7 Å². The third-order valence-electron chi connectivity index (χ3n) is 4.67. The SMILES string of the molecule is CC(=O)Nc1ccc(O)c(C(=O)N2CCCN(Cc3ccccc3)CC2)c1. The van der Waals surface area contributed by atoms with Crippen molar-refractivity contribution in [3.63, 3.8) is 0 Å². The number of rotatable bonds is 4. The van der Waals surface area contributed by atoms with Crippen LogP contribution in [-0.2, 0) is 11.3 Å². The Hall–Kier alpha value is -2.86. The van der Waals surface area contributed by atoms with Crippen LogP contribution in [0.2, 0.25) is 0 Å². The van der Waals surface area contributed by atoms with E-state index in [0.717, 1.165) is 26.1 Å². The number of phenols is 1. The average molecular weight is 367 g/mol. The fourth-order valence-electron chi connectivity index (χ4n) is 3.33. The van der Waals surface area contributed by atoms with E-state index in [2.05, 4.69) is 22.3 Å². The number of hydrogen-bond acceptors (Lipinski definition) is 4. The maximum atomic E-state index is 12.9. The lowest BCUT2D eigenvalue weighted by Gasteiger charge is -2.22. The maximum Gasteiger partial charge on any atom is 0.257 e. The lowest BCUT2D eigenvalue weighted by molar-refractivity contribution is -0.114. The number of hydrogen-bond donors (Lipinski definition) is 2. The smallest absolute Gasteiger partial charge is 0.257 e. The molecule has 0 saturated carbocycles. The molecule has 2 amide bonds. The molecule has 0 unspecified atom stereocenters. The molecule has 0 bridgehead atoms. The van der Waals surface area contributed by atoms with E-state index in [4.69, 9.17) is 0 Å². The van der Waals surface area contributed by atoms with Gasteiger partial charge in [-0.1, -0.05) is 30.3 Å². The van der Waals surface area contributed by atoms with Crippen LogP contribution in [0.15, 0.2) is 48.5 Å². The van der Waals surface area contributed by atoms with Gasteiger partial charge in [-0.15, -0.1) is 0 Å². The van der Waals surface area contributed by atoms with Gasteiger partial charge in [-0.3, -0.25) is 14.5 Å². The second-order valence-electron chi connectivity index (χ2n) is 6.82. The van der Waals surface area contributed by atoms with Crippen LogP contribution in [0.1, 0.15) is 29.3 Å². The van der Waals surface area contributed by atoms with E-state index in [-0.39, 0.29) is 23.1 Å². The van der Waals surface area contributed by atoms with Crippen LogP contribution in [0.3, 0.4) is 0 Å². The highest BCUT2D eigenvalue weighted by atomic mass is 16.3. The van der Waals surface area contributed by atoms with Crippen molar-refractivity contribution in [3.05, 3.63) is 59.7 Å². The number of carbonyl (C=O) groups excluding carboxylic acids is 2. The van der Waals surface area contributed by atoms with Gasteiger partial charge in [-0.2, -0.15) is 0 Å². The molecule has 0 spiro atoms. The minimum absolute atomic E-state index is 0.0699. The summed E-state index contributed by atoms with van der Waals surface area (Å²) in [6.45, 7) is 5.24. The van der Waals surface area contributed by atoms with Crippen LogP contribution < -0.4 is 5.32 Å². The lowest BCUT2D eigenvalue weighted by atomic mass is 10.1. The minimum atomic E-state index is -0.217. The molecule has 0 atom stereocenters. The van der Waals surface area contributed by atoms with Gasteiger partial charge >= 0.3 is 0 Å². The molecule has 1 fully saturated rings. The lowest BCUT2D eigenvalue weighted by Crippen LogP contribution is -2.35. The molecule has 1 aliphatic heterocycles. The fraction of sp³-hybridized carbons (Fsp3) is 0.333. The van der Waals surface area contributed by atoms with Gasteiger partial charge in [0, 0.05) is 45.3 Å². The molecule has 1 aliphatic rings. The van der Waals surface area contributed by atoms with Crippen LogP contribution in [0, 0.1) is 0 Å². The second kappa shape index (κ2) is 8.68. The minimum Gasteiger partial charge on any atom is -0.507 e. The summed E-state index contributed by atoms with van der Waals surface area (Å²) >= 11 is 0.